The van der Waals surface area contributed by atoms with Crippen LogP contribution in [0.15, 0.2) is 36.4 Å². The van der Waals surface area contributed by atoms with Crippen LogP contribution in [-0.2, 0) is 0 Å². The molecule has 2 aromatic carbocycles. The average Bonchev–Trinajstić information content (AvgIpc) is 3.06. The summed E-state index contributed by atoms with van der Waals surface area (Å²) in [6.45, 7) is 8.30. The fourth-order valence-electron chi connectivity index (χ4n) is 3.13. The molecule has 1 N–H and O–H groups in total. The molecule has 23 heavy (non-hydrogen) atoms. The Bertz CT molecular complexity index is 730. The molecule has 0 aromatic heterocycles. The number of carbonyl (C=O) groups is 1. The first-order valence-electron chi connectivity index (χ1n) is 8.29. The predicted octanol–water partition coefficient (Wildman–Crippen LogP) is 4.46. The van der Waals surface area contributed by atoms with Gasteiger partial charge in [-0.25, -0.2) is 0 Å². The number of nitrogens with zero attached hydrogens (tertiary/aromatic N) is 1. The Balaban J connectivity index is 1.79. The van der Waals surface area contributed by atoms with Crippen molar-refractivity contribution >= 4 is 17.3 Å². The largest absolute Gasteiger partial charge is 0.372 e. The highest BCUT2D eigenvalue weighted by Gasteiger charge is 2.14. The van der Waals surface area contributed by atoms with E-state index in [4.69, 9.17) is 0 Å². The molecule has 0 saturated carbocycles. The lowest BCUT2D eigenvalue weighted by Gasteiger charge is -2.19. The van der Waals surface area contributed by atoms with Crippen LogP contribution in [0.4, 0.5) is 11.4 Å². The Hall–Kier alpha value is -2.29. The second-order valence-corrected chi connectivity index (χ2v) is 6.47. The number of hydrogen-bond donors (Lipinski definition) is 1. The van der Waals surface area contributed by atoms with E-state index in [1.54, 1.807) is 0 Å². The first-order chi connectivity index (χ1) is 11.0. The van der Waals surface area contributed by atoms with Crippen LogP contribution in [0.25, 0.3) is 0 Å². The van der Waals surface area contributed by atoms with Gasteiger partial charge in [0.25, 0.3) is 5.91 Å². The maximum atomic E-state index is 12.6. The van der Waals surface area contributed by atoms with E-state index < -0.39 is 0 Å². The van der Waals surface area contributed by atoms with Gasteiger partial charge in [-0.1, -0.05) is 17.7 Å². The molecule has 1 aliphatic rings. The number of rotatable bonds is 3. The first kappa shape index (κ1) is 15.6. The number of carbonyl (C=O) groups excluding carboxylic acids is 1. The highest BCUT2D eigenvalue weighted by Crippen LogP contribution is 2.26. The van der Waals surface area contributed by atoms with Crippen molar-refractivity contribution in [2.75, 3.05) is 23.3 Å². The number of amides is 1. The van der Waals surface area contributed by atoms with Crippen molar-refractivity contribution in [3.63, 3.8) is 0 Å². The lowest BCUT2D eigenvalue weighted by Crippen LogP contribution is -2.18. The molecule has 3 heteroatoms. The van der Waals surface area contributed by atoms with E-state index in [-0.39, 0.29) is 5.91 Å². The van der Waals surface area contributed by atoms with Crippen molar-refractivity contribution in [2.45, 2.75) is 33.6 Å². The van der Waals surface area contributed by atoms with E-state index in [0.717, 1.165) is 41.0 Å². The molecule has 0 radical (unpaired) electrons. The molecule has 1 heterocycles. The summed E-state index contributed by atoms with van der Waals surface area (Å²) in [5, 5.41) is 3.05. The van der Waals surface area contributed by atoms with Gasteiger partial charge in [-0.3, -0.25) is 4.79 Å². The van der Waals surface area contributed by atoms with E-state index in [2.05, 4.69) is 29.3 Å². The molecule has 0 aliphatic carbocycles. The van der Waals surface area contributed by atoms with E-state index in [0.29, 0.717) is 0 Å². The second kappa shape index (κ2) is 6.45. The van der Waals surface area contributed by atoms with Crippen LogP contribution in [0, 0.1) is 20.8 Å². The Labute approximate surface area is 138 Å². The highest BCUT2D eigenvalue weighted by molar-refractivity contribution is 6.05. The zero-order chi connectivity index (χ0) is 16.4. The standard InChI is InChI=1S/C20H24N2O/c1-14-6-7-15(2)18(12-14)20(23)21-19-9-8-17(13-16(19)3)22-10-4-5-11-22/h6-9,12-13H,4-5,10-11H2,1-3H3,(H,21,23). The van der Waals surface area contributed by atoms with E-state index >= 15 is 0 Å². The summed E-state index contributed by atoms with van der Waals surface area (Å²) in [7, 11) is 0. The van der Waals surface area contributed by atoms with Gasteiger partial charge in [-0.2, -0.15) is 0 Å². The van der Waals surface area contributed by atoms with Crippen molar-refractivity contribution in [1.29, 1.82) is 0 Å². The van der Waals surface area contributed by atoms with Crippen LogP contribution in [0.3, 0.4) is 0 Å². The Kier molecular flexibility index (Phi) is 4.37. The maximum absolute atomic E-state index is 12.6. The minimum atomic E-state index is -0.0387. The third-order valence-corrected chi connectivity index (χ3v) is 4.57. The zero-order valence-corrected chi connectivity index (χ0v) is 14.1. The van der Waals surface area contributed by atoms with Gasteiger partial charge in [-0.05, 0) is 69.0 Å². The average molecular weight is 308 g/mol. The van der Waals surface area contributed by atoms with Gasteiger partial charge >= 0.3 is 0 Å². The Morgan fingerprint density at radius 1 is 0.957 bits per heavy atom. The summed E-state index contributed by atoms with van der Waals surface area (Å²) >= 11 is 0. The van der Waals surface area contributed by atoms with Gasteiger partial charge in [0.1, 0.15) is 0 Å². The van der Waals surface area contributed by atoms with Crippen LogP contribution in [-0.4, -0.2) is 19.0 Å². The summed E-state index contributed by atoms with van der Waals surface area (Å²) < 4.78 is 0. The minimum absolute atomic E-state index is 0.0387. The molecule has 0 unspecified atom stereocenters. The Morgan fingerprint density at radius 2 is 1.70 bits per heavy atom. The fraction of sp³-hybridized carbons (Fsp3) is 0.350. The van der Waals surface area contributed by atoms with Crippen molar-refractivity contribution < 1.29 is 4.79 Å². The normalized spacial score (nSPS) is 14.1. The van der Waals surface area contributed by atoms with Gasteiger partial charge < -0.3 is 10.2 Å². The van der Waals surface area contributed by atoms with E-state index in [9.17, 15) is 4.79 Å². The third-order valence-electron chi connectivity index (χ3n) is 4.57. The molecular weight excluding hydrogens is 284 g/mol. The van der Waals surface area contributed by atoms with Gasteiger partial charge in [-0.15, -0.1) is 0 Å². The molecule has 0 bridgehead atoms. The minimum Gasteiger partial charge on any atom is -0.372 e. The monoisotopic (exact) mass is 308 g/mol. The van der Waals surface area contributed by atoms with Gasteiger partial charge in [0.05, 0.1) is 0 Å². The molecule has 120 valence electrons. The first-order valence-corrected chi connectivity index (χ1v) is 8.29. The van der Waals surface area contributed by atoms with E-state index in [1.807, 2.05) is 38.1 Å². The van der Waals surface area contributed by atoms with Crippen molar-refractivity contribution in [3.8, 4) is 0 Å². The molecule has 1 aliphatic heterocycles. The predicted molar refractivity (Wildman–Crippen MR) is 96.5 cm³/mol. The number of aryl methyl sites for hydroxylation is 3. The van der Waals surface area contributed by atoms with Gasteiger partial charge in [0, 0.05) is 30.0 Å². The summed E-state index contributed by atoms with van der Waals surface area (Å²) in [6.07, 6.45) is 2.54. The summed E-state index contributed by atoms with van der Waals surface area (Å²) in [5.41, 5.74) is 6.09. The topological polar surface area (TPSA) is 32.3 Å². The number of hydrogen-bond acceptors (Lipinski definition) is 2. The number of anilines is 2. The van der Waals surface area contributed by atoms with Crippen LogP contribution in [0.1, 0.15) is 39.9 Å². The summed E-state index contributed by atoms with van der Waals surface area (Å²) in [6, 6.07) is 12.3. The van der Waals surface area contributed by atoms with Crippen LogP contribution in [0.2, 0.25) is 0 Å². The van der Waals surface area contributed by atoms with Crippen LogP contribution < -0.4 is 10.2 Å². The van der Waals surface area contributed by atoms with E-state index in [1.165, 1.54) is 18.5 Å². The number of benzene rings is 2. The molecule has 1 saturated heterocycles. The molecule has 2 aromatic rings. The smallest absolute Gasteiger partial charge is 0.255 e. The maximum Gasteiger partial charge on any atom is 0.255 e. The van der Waals surface area contributed by atoms with Crippen molar-refractivity contribution in [3.05, 3.63) is 58.7 Å². The summed E-state index contributed by atoms with van der Waals surface area (Å²) in [5.74, 6) is -0.0387. The second-order valence-electron chi connectivity index (χ2n) is 6.47. The molecule has 1 amide bonds. The molecule has 1 fully saturated rings. The lowest BCUT2D eigenvalue weighted by molar-refractivity contribution is 0.102. The van der Waals surface area contributed by atoms with Crippen molar-refractivity contribution in [1.82, 2.24) is 0 Å². The van der Waals surface area contributed by atoms with Crippen LogP contribution >= 0.6 is 0 Å². The molecule has 3 nitrogen and oxygen atoms in total. The summed E-state index contributed by atoms with van der Waals surface area (Å²) in [4.78, 5) is 15.0. The van der Waals surface area contributed by atoms with Crippen LogP contribution in [0.5, 0.6) is 0 Å². The SMILES string of the molecule is Cc1ccc(C)c(C(=O)Nc2ccc(N3CCCC3)cc2C)c1. The third kappa shape index (κ3) is 3.39. The van der Waals surface area contributed by atoms with Gasteiger partial charge in [0.15, 0.2) is 0 Å². The van der Waals surface area contributed by atoms with Gasteiger partial charge in [0.2, 0.25) is 0 Å². The quantitative estimate of drug-likeness (QED) is 0.907. The fourth-order valence-corrected chi connectivity index (χ4v) is 3.13. The molecular formula is C20H24N2O. The van der Waals surface area contributed by atoms with Crippen molar-refractivity contribution in [2.24, 2.45) is 0 Å². The molecule has 0 atom stereocenters. The number of nitrogens with one attached hydrogen (secondary N) is 1. The molecule has 0 spiro atoms. The Morgan fingerprint density at radius 3 is 2.39 bits per heavy atom. The zero-order valence-electron chi connectivity index (χ0n) is 14.1. The highest BCUT2D eigenvalue weighted by atomic mass is 16.1. The lowest BCUT2D eigenvalue weighted by atomic mass is 10.0. The molecule has 3 rings (SSSR count).